The number of hydrogen-bond acceptors (Lipinski definition) is 6. The predicted molar refractivity (Wildman–Crippen MR) is 209 cm³/mol. The lowest BCUT2D eigenvalue weighted by Gasteiger charge is -2.43. The third-order valence-corrected chi connectivity index (χ3v) is 18.1. The summed E-state index contributed by atoms with van der Waals surface area (Å²) in [5, 5.41) is 3.00. The van der Waals surface area contributed by atoms with Crippen molar-refractivity contribution in [3.05, 3.63) is 102 Å². The molecular formula is C39H57ClO6SSi2. The fraction of sp³-hybridized carbons (Fsp3) is 0.487. The van der Waals surface area contributed by atoms with Gasteiger partial charge in [-0.25, -0.2) is 0 Å². The summed E-state index contributed by atoms with van der Waals surface area (Å²) in [6.07, 6.45) is 1.18. The fourth-order valence-electron chi connectivity index (χ4n) is 5.84. The molecule has 6 nitrogen and oxygen atoms in total. The standard InChI is InChI=1S/C39H57ClO6SSi2/c1-10-43-38(22-17-29-45-49(39(4,5)6,34-18-13-11-14-19-34)35-20-15-12-16-21-35)46-37(36(40)28-25-32(3)48(7,8)9)30-44-47(41,42)33-26-23-31(2)24-27-33/h11-16,18-21,23-24,26-27,36-38H,3,10,17,22,25,28-30H2,1-2,4-9H3. The molecule has 0 aliphatic heterocycles. The Morgan fingerprint density at radius 2 is 1.43 bits per heavy atom. The highest BCUT2D eigenvalue weighted by Crippen LogP contribution is 2.37. The fourth-order valence-corrected chi connectivity index (χ4v) is 12.5. The Hall–Kier alpha value is -2.09. The first kappa shape index (κ1) is 41.3. The van der Waals surface area contributed by atoms with E-state index in [1.807, 2.05) is 26.0 Å². The van der Waals surface area contributed by atoms with Crippen LogP contribution in [0.1, 0.15) is 58.9 Å². The van der Waals surface area contributed by atoms with Crippen LogP contribution in [0.3, 0.4) is 0 Å². The van der Waals surface area contributed by atoms with E-state index in [1.54, 1.807) is 24.3 Å². The van der Waals surface area contributed by atoms with E-state index in [0.29, 0.717) is 32.5 Å². The second kappa shape index (κ2) is 18.4. The minimum Gasteiger partial charge on any atom is -0.407 e. The van der Waals surface area contributed by atoms with Crippen LogP contribution in [0.15, 0.2) is 102 Å². The summed E-state index contributed by atoms with van der Waals surface area (Å²) in [5.74, 6) is 0. The zero-order valence-electron chi connectivity index (χ0n) is 30.7. The average molecular weight is 746 g/mol. The highest BCUT2D eigenvalue weighted by molar-refractivity contribution is 7.86. The second-order valence-corrected chi connectivity index (χ2v) is 26.4. The molecule has 0 heterocycles. The normalized spacial score (nSPS) is 14.7. The smallest absolute Gasteiger partial charge is 0.297 e. The lowest BCUT2D eigenvalue weighted by molar-refractivity contribution is -0.178. The van der Waals surface area contributed by atoms with E-state index in [9.17, 15) is 8.42 Å². The van der Waals surface area contributed by atoms with Gasteiger partial charge in [-0.1, -0.05) is 124 Å². The van der Waals surface area contributed by atoms with E-state index >= 15 is 0 Å². The van der Waals surface area contributed by atoms with Crippen molar-refractivity contribution in [2.24, 2.45) is 0 Å². The van der Waals surface area contributed by atoms with Gasteiger partial charge in [0, 0.05) is 19.6 Å². The molecule has 0 amide bonds. The Kier molecular flexibility index (Phi) is 15.5. The number of allylic oxidation sites excluding steroid dienone is 1. The number of benzene rings is 3. The number of aryl methyl sites for hydroxylation is 1. The lowest BCUT2D eigenvalue weighted by Crippen LogP contribution is -2.66. The zero-order chi connectivity index (χ0) is 36.3. The Morgan fingerprint density at radius 1 is 0.878 bits per heavy atom. The van der Waals surface area contributed by atoms with Crippen LogP contribution in [-0.4, -0.2) is 62.4 Å². The van der Waals surface area contributed by atoms with Gasteiger partial charge in [-0.3, -0.25) is 4.18 Å². The number of rotatable bonds is 20. The molecule has 0 spiro atoms. The monoisotopic (exact) mass is 744 g/mol. The minimum atomic E-state index is -4.02. The van der Waals surface area contributed by atoms with Crippen molar-refractivity contribution in [3.8, 4) is 0 Å². The predicted octanol–water partition coefficient (Wildman–Crippen LogP) is 8.63. The van der Waals surface area contributed by atoms with Crippen molar-refractivity contribution in [2.45, 2.75) is 108 Å². The Balaban J connectivity index is 1.79. The lowest BCUT2D eigenvalue weighted by atomic mass is 10.1. The van der Waals surface area contributed by atoms with Crippen molar-refractivity contribution in [3.63, 3.8) is 0 Å². The summed E-state index contributed by atoms with van der Waals surface area (Å²) < 4.78 is 51.5. The first-order chi connectivity index (χ1) is 23.0. The minimum absolute atomic E-state index is 0.0944. The van der Waals surface area contributed by atoms with Gasteiger partial charge in [0.25, 0.3) is 18.4 Å². The van der Waals surface area contributed by atoms with Crippen LogP contribution in [0.2, 0.25) is 24.7 Å². The summed E-state index contributed by atoms with van der Waals surface area (Å²) in [5.41, 5.74) is 0.960. The zero-order valence-corrected chi connectivity index (χ0v) is 34.3. The van der Waals surface area contributed by atoms with Crippen LogP contribution in [0, 0.1) is 6.92 Å². The van der Waals surface area contributed by atoms with Gasteiger partial charge in [0.05, 0.1) is 25.0 Å². The van der Waals surface area contributed by atoms with Crippen LogP contribution >= 0.6 is 11.6 Å². The van der Waals surface area contributed by atoms with Crippen LogP contribution in [0.25, 0.3) is 0 Å². The first-order valence-corrected chi connectivity index (χ1v) is 24.6. The molecule has 0 aliphatic rings. The molecule has 0 saturated heterocycles. The highest BCUT2D eigenvalue weighted by Gasteiger charge is 2.50. The summed E-state index contributed by atoms with van der Waals surface area (Å²) in [6.45, 7) is 22.4. The Labute approximate surface area is 303 Å². The topological polar surface area (TPSA) is 71.1 Å². The molecule has 0 fully saturated rings. The maximum absolute atomic E-state index is 13.1. The van der Waals surface area contributed by atoms with Gasteiger partial charge in [0.15, 0.2) is 6.29 Å². The third kappa shape index (κ3) is 11.7. The second-order valence-electron chi connectivity index (χ2n) is 14.7. The molecule has 3 rings (SSSR count). The van der Waals surface area contributed by atoms with Gasteiger partial charge in [-0.2, -0.15) is 8.42 Å². The van der Waals surface area contributed by atoms with Crippen LogP contribution in [0.5, 0.6) is 0 Å². The van der Waals surface area contributed by atoms with Crippen molar-refractivity contribution in [2.75, 3.05) is 19.8 Å². The molecule has 3 unspecified atom stereocenters. The molecule has 49 heavy (non-hydrogen) atoms. The van der Waals surface area contributed by atoms with E-state index in [-0.39, 0.29) is 16.5 Å². The van der Waals surface area contributed by atoms with Gasteiger partial charge in [0.2, 0.25) is 0 Å². The molecule has 3 aromatic rings. The van der Waals surface area contributed by atoms with Gasteiger partial charge in [-0.05, 0) is 60.7 Å². The van der Waals surface area contributed by atoms with Crippen LogP contribution in [-0.2, 0) is 28.2 Å². The molecule has 10 heteroatoms. The maximum atomic E-state index is 13.1. The van der Waals surface area contributed by atoms with Crippen molar-refractivity contribution >= 4 is 48.5 Å². The maximum Gasteiger partial charge on any atom is 0.297 e. The van der Waals surface area contributed by atoms with Gasteiger partial charge < -0.3 is 13.9 Å². The van der Waals surface area contributed by atoms with Crippen LogP contribution < -0.4 is 10.4 Å². The van der Waals surface area contributed by atoms with Gasteiger partial charge in [-0.15, -0.1) is 18.2 Å². The first-order valence-electron chi connectivity index (χ1n) is 17.3. The van der Waals surface area contributed by atoms with Crippen LogP contribution in [0.4, 0.5) is 0 Å². The van der Waals surface area contributed by atoms with Crippen molar-refractivity contribution in [1.29, 1.82) is 0 Å². The molecule has 0 N–H and O–H groups in total. The molecule has 0 aromatic heterocycles. The SMILES string of the molecule is C=C(CCC(Cl)C(COS(=O)(=O)c1ccc(C)cc1)OC(CCCO[Si](c1ccccc1)(c1ccccc1)C(C)(C)C)OCC)[Si](C)(C)C. The molecule has 0 saturated carbocycles. The highest BCUT2D eigenvalue weighted by atomic mass is 35.5. The van der Waals surface area contributed by atoms with Crippen molar-refractivity contribution < 1.29 is 26.5 Å². The summed E-state index contributed by atoms with van der Waals surface area (Å²) in [7, 11) is -8.27. The molecule has 3 aromatic carbocycles. The van der Waals surface area contributed by atoms with E-state index < -0.39 is 44.3 Å². The number of ether oxygens (including phenoxy) is 2. The van der Waals surface area contributed by atoms with Gasteiger partial charge in [0.1, 0.15) is 6.10 Å². The summed E-state index contributed by atoms with van der Waals surface area (Å²) in [6, 6.07) is 27.7. The molecule has 0 aliphatic carbocycles. The molecular weight excluding hydrogens is 688 g/mol. The quantitative estimate of drug-likeness (QED) is 0.0380. The summed E-state index contributed by atoms with van der Waals surface area (Å²) >= 11 is 6.99. The number of halogens is 1. The molecule has 3 atom stereocenters. The Morgan fingerprint density at radius 3 is 1.92 bits per heavy atom. The average Bonchev–Trinajstić information content (AvgIpc) is 3.05. The van der Waals surface area contributed by atoms with Crippen molar-refractivity contribution in [1.82, 2.24) is 0 Å². The number of alkyl halides is 1. The molecule has 0 radical (unpaired) electrons. The third-order valence-electron chi connectivity index (χ3n) is 8.88. The summed E-state index contributed by atoms with van der Waals surface area (Å²) in [4.78, 5) is 0.0944. The van der Waals surface area contributed by atoms with E-state index in [2.05, 4.69) is 95.5 Å². The molecule has 270 valence electrons. The Bertz CT molecular complexity index is 1500. The van der Waals surface area contributed by atoms with E-state index in [4.69, 9.17) is 29.7 Å². The number of hydrogen-bond donors (Lipinski definition) is 0. The molecule has 0 bridgehead atoms. The van der Waals surface area contributed by atoms with E-state index in [0.717, 1.165) is 12.0 Å². The van der Waals surface area contributed by atoms with Gasteiger partial charge >= 0.3 is 0 Å². The largest absolute Gasteiger partial charge is 0.407 e. The van der Waals surface area contributed by atoms with E-state index in [1.165, 1.54) is 15.6 Å².